The van der Waals surface area contributed by atoms with Crippen LogP contribution in [0, 0.1) is 11.6 Å². The van der Waals surface area contributed by atoms with Crippen molar-refractivity contribution in [3.63, 3.8) is 0 Å². The van der Waals surface area contributed by atoms with E-state index in [4.69, 9.17) is 16.1 Å². The number of aromatic amines is 1. The van der Waals surface area contributed by atoms with Crippen molar-refractivity contribution in [3.05, 3.63) is 83.5 Å². The van der Waals surface area contributed by atoms with Crippen molar-refractivity contribution in [2.45, 2.75) is 6.54 Å². The Hall–Kier alpha value is -3.65. The van der Waals surface area contributed by atoms with Crippen LogP contribution < -0.4 is 4.57 Å². The van der Waals surface area contributed by atoms with Gasteiger partial charge in [0.25, 0.3) is 12.0 Å². The predicted octanol–water partition coefficient (Wildman–Crippen LogP) is 4.55. The zero-order chi connectivity index (χ0) is 20.7. The smallest absolute Gasteiger partial charge is 0.295 e. The maximum absolute atomic E-state index is 14.1. The Kier molecular flexibility index (Phi) is 4.48. The molecule has 1 N–H and O–H groups in total. The van der Waals surface area contributed by atoms with Crippen LogP contribution in [0.5, 0.6) is 0 Å². The fourth-order valence-corrected chi connectivity index (χ4v) is 3.24. The molecule has 0 aliphatic rings. The first-order chi connectivity index (χ1) is 14.6. The van der Waals surface area contributed by atoms with E-state index in [0.29, 0.717) is 34.2 Å². The van der Waals surface area contributed by atoms with Crippen LogP contribution in [0.4, 0.5) is 8.78 Å². The first kappa shape index (κ1) is 18.4. The molecule has 2 aromatic carbocycles. The molecule has 0 spiro atoms. The number of H-pyrrole nitrogens is 1. The molecule has 9 heteroatoms. The maximum Gasteiger partial charge on any atom is 0.295 e. The molecule has 5 rings (SSSR count). The van der Waals surface area contributed by atoms with Crippen LogP contribution >= 0.6 is 11.6 Å². The Morgan fingerprint density at radius 2 is 1.93 bits per heavy atom. The second-order valence-electron chi connectivity index (χ2n) is 6.66. The topological polar surface area (TPSA) is 71.5 Å². The Labute approximate surface area is 173 Å². The third-order valence-electron chi connectivity index (χ3n) is 4.58. The van der Waals surface area contributed by atoms with E-state index in [1.807, 2.05) is 18.2 Å². The first-order valence-electron chi connectivity index (χ1n) is 8.97. The largest absolute Gasteiger partial charge is 0.356 e. The summed E-state index contributed by atoms with van der Waals surface area (Å²) in [6, 6.07) is 13.1. The van der Waals surface area contributed by atoms with Gasteiger partial charge in [-0.05, 0) is 29.2 Å². The van der Waals surface area contributed by atoms with E-state index in [1.165, 1.54) is 12.1 Å². The molecule has 3 aromatic heterocycles. The Balaban J connectivity index is 1.42. The molecule has 148 valence electrons. The van der Waals surface area contributed by atoms with Crippen molar-refractivity contribution in [1.29, 1.82) is 0 Å². The minimum Gasteiger partial charge on any atom is -0.356 e. The molecule has 0 atom stereocenters. The van der Waals surface area contributed by atoms with Gasteiger partial charge in [-0.3, -0.25) is 0 Å². The number of benzene rings is 2. The molecule has 30 heavy (non-hydrogen) atoms. The standard InChI is InChI=1S/C21H12ClF2N5O/c22-13-6-4-12(5-7-13)17-8-14(30-28-17)9-29-10-18-21(25-11-29)27-20(26-18)15-2-1-3-16(23)19(15)24/h1-8,10-11H,9H2/p+1. The fraction of sp³-hybridized carbons (Fsp3) is 0.0476. The van der Waals surface area contributed by atoms with Gasteiger partial charge in [-0.1, -0.05) is 35.0 Å². The van der Waals surface area contributed by atoms with Gasteiger partial charge in [0.1, 0.15) is 17.7 Å². The summed E-state index contributed by atoms with van der Waals surface area (Å²) in [6.45, 7) is 0.381. The van der Waals surface area contributed by atoms with Gasteiger partial charge in [-0.2, -0.15) is 4.98 Å². The van der Waals surface area contributed by atoms with Crippen molar-refractivity contribution in [3.8, 4) is 22.6 Å². The van der Waals surface area contributed by atoms with Crippen LogP contribution in [0.15, 0.2) is 65.6 Å². The molecule has 0 saturated carbocycles. The second kappa shape index (κ2) is 7.31. The predicted molar refractivity (Wildman–Crippen MR) is 105 cm³/mol. The fourth-order valence-electron chi connectivity index (χ4n) is 3.12. The molecule has 3 heterocycles. The molecular weight excluding hydrogens is 412 g/mol. The minimum atomic E-state index is -0.958. The summed E-state index contributed by atoms with van der Waals surface area (Å²) < 4.78 is 34.8. The lowest BCUT2D eigenvalue weighted by Crippen LogP contribution is -2.33. The number of rotatable bonds is 4. The highest BCUT2D eigenvalue weighted by atomic mass is 35.5. The third-order valence-corrected chi connectivity index (χ3v) is 4.83. The van der Waals surface area contributed by atoms with Crippen LogP contribution in [0.2, 0.25) is 5.02 Å². The van der Waals surface area contributed by atoms with E-state index in [0.717, 1.165) is 11.6 Å². The van der Waals surface area contributed by atoms with Gasteiger partial charge in [-0.25, -0.2) is 13.3 Å². The van der Waals surface area contributed by atoms with Crippen LogP contribution in [0.1, 0.15) is 5.76 Å². The summed E-state index contributed by atoms with van der Waals surface area (Å²) >= 11 is 5.91. The van der Waals surface area contributed by atoms with Crippen LogP contribution in [-0.2, 0) is 6.54 Å². The highest BCUT2D eigenvalue weighted by Crippen LogP contribution is 2.24. The van der Waals surface area contributed by atoms with Crippen molar-refractivity contribution in [2.24, 2.45) is 0 Å². The Morgan fingerprint density at radius 1 is 1.10 bits per heavy atom. The Bertz CT molecular complexity index is 1360. The van der Waals surface area contributed by atoms with Crippen LogP contribution in [0.3, 0.4) is 0 Å². The molecule has 0 bridgehead atoms. The Morgan fingerprint density at radius 3 is 2.77 bits per heavy atom. The summed E-state index contributed by atoms with van der Waals surface area (Å²) in [5.41, 5.74) is 2.60. The number of imidazole rings is 1. The highest BCUT2D eigenvalue weighted by molar-refractivity contribution is 6.30. The number of nitrogens with zero attached hydrogens (tertiary/aromatic N) is 4. The number of hydrogen-bond acceptors (Lipinski definition) is 4. The van der Waals surface area contributed by atoms with E-state index in [2.05, 4.69) is 20.1 Å². The van der Waals surface area contributed by atoms with Crippen molar-refractivity contribution >= 4 is 22.8 Å². The van der Waals surface area contributed by atoms with Gasteiger partial charge < -0.3 is 9.51 Å². The summed E-state index contributed by atoms with van der Waals surface area (Å²) in [4.78, 5) is 11.5. The lowest BCUT2D eigenvalue weighted by atomic mass is 10.1. The monoisotopic (exact) mass is 424 g/mol. The quantitative estimate of drug-likeness (QED) is 0.430. The van der Waals surface area contributed by atoms with Gasteiger partial charge in [0, 0.05) is 16.7 Å². The second-order valence-corrected chi connectivity index (χ2v) is 7.09. The van der Waals surface area contributed by atoms with Crippen molar-refractivity contribution < 1.29 is 17.9 Å². The molecule has 0 saturated heterocycles. The number of halogens is 3. The summed E-state index contributed by atoms with van der Waals surface area (Å²) in [6.07, 6.45) is 3.35. The molecule has 0 radical (unpaired) electrons. The molecule has 0 unspecified atom stereocenters. The molecule has 0 amide bonds. The molecule has 0 aliphatic heterocycles. The molecule has 6 nitrogen and oxygen atoms in total. The van der Waals surface area contributed by atoms with Gasteiger partial charge in [0.15, 0.2) is 29.5 Å². The average Bonchev–Trinajstić information content (AvgIpc) is 3.37. The third kappa shape index (κ3) is 3.42. The van der Waals surface area contributed by atoms with Gasteiger partial charge in [0.2, 0.25) is 0 Å². The molecule has 5 aromatic rings. The number of hydrogen-bond donors (Lipinski definition) is 1. The van der Waals surface area contributed by atoms with Crippen molar-refractivity contribution in [2.75, 3.05) is 0 Å². The van der Waals surface area contributed by atoms with E-state index >= 15 is 0 Å². The van der Waals surface area contributed by atoms with E-state index in [1.54, 1.807) is 29.2 Å². The lowest BCUT2D eigenvalue weighted by molar-refractivity contribution is -0.691. The summed E-state index contributed by atoms with van der Waals surface area (Å²) in [7, 11) is 0. The summed E-state index contributed by atoms with van der Waals surface area (Å²) in [5.74, 6) is -1.06. The highest BCUT2D eigenvalue weighted by Gasteiger charge is 2.17. The molecular formula is C21H13ClF2N5O+. The normalized spacial score (nSPS) is 11.3. The van der Waals surface area contributed by atoms with Crippen LogP contribution in [0.25, 0.3) is 33.8 Å². The average molecular weight is 425 g/mol. The van der Waals surface area contributed by atoms with Crippen molar-refractivity contribution in [1.82, 2.24) is 20.1 Å². The first-order valence-corrected chi connectivity index (χ1v) is 9.35. The summed E-state index contributed by atoms with van der Waals surface area (Å²) in [5, 5.41) is 4.73. The van der Waals surface area contributed by atoms with E-state index in [-0.39, 0.29) is 11.4 Å². The van der Waals surface area contributed by atoms with Crippen LogP contribution in [-0.4, -0.2) is 20.1 Å². The number of nitrogens with one attached hydrogen (secondary N) is 1. The maximum atomic E-state index is 14.1. The number of aromatic nitrogens is 5. The number of fused-ring (bicyclic) bond motifs is 1. The zero-order valence-corrected chi connectivity index (χ0v) is 16.1. The van der Waals surface area contributed by atoms with Gasteiger partial charge in [-0.15, -0.1) is 0 Å². The SMILES string of the molecule is Fc1cccc(-c2nc3nc[n+](Cc4cc(-c5ccc(Cl)cc5)no4)cc3[nH]2)c1F. The molecule has 0 aliphatic carbocycles. The molecule has 0 fully saturated rings. The minimum absolute atomic E-state index is 0.0439. The van der Waals surface area contributed by atoms with Gasteiger partial charge in [0.05, 0.1) is 5.56 Å². The van der Waals surface area contributed by atoms with Gasteiger partial charge >= 0.3 is 0 Å². The lowest BCUT2D eigenvalue weighted by Gasteiger charge is -1.98. The van der Waals surface area contributed by atoms with E-state index < -0.39 is 11.6 Å². The van der Waals surface area contributed by atoms with E-state index in [9.17, 15) is 8.78 Å². The zero-order valence-electron chi connectivity index (χ0n) is 15.3.